The fourth-order valence-corrected chi connectivity index (χ4v) is 2.52. The van der Waals surface area contributed by atoms with Crippen molar-refractivity contribution in [2.75, 3.05) is 11.4 Å². The zero-order chi connectivity index (χ0) is 16.3. The summed E-state index contributed by atoms with van der Waals surface area (Å²) in [5.74, 6) is -0.205. The van der Waals surface area contributed by atoms with Crippen LogP contribution in [-0.2, 0) is 0 Å². The second-order valence-corrected chi connectivity index (χ2v) is 5.45. The average Bonchev–Trinajstić information content (AvgIpc) is 2.90. The summed E-state index contributed by atoms with van der Waals surface area (Å²) >= 11 is 6.26. The zero-order valence-corrected chi connectivity index (χ0v) is 13.5. The van der Waals surface area contributed by atoms with Crippen LogP contribution in [0.4, 0.5) is 5.69 Å². The fraction of sp³-hybridized carbons (Fsp3) is 0.312. The number of amides is 1. The topological polar surface area (TPSA) is 61.9 Å². The third-order valence-electron chi connectivity index (χ3n) is 3.32. The lowest BCUT2D eigenvalue weighted by Gasteiger charge is -2.20. The molecule has 0 bridgehead atoms. The maximum absolute atomic E-state index is 12.7. The largest absolute Gasteiger partial charge is 0.309 e. The maximum atomic E-state index is 12.7. The molecule has 1 aromatic heterocycles. The first-order chi connectivity index (χ1) is 10.5. The van der Waals surface area contributed by atoms with Gasteiger partial charge in [-0.25, -0.2) is 0 Å². The van der Waals surface area contributed by atoms with E-state index in [1.807, 2.05) is 20.8 Å². The van der Waals surface area contributed by atoms with Crippen LogP contribution in [0.5, 0.6) is 0 Å². The van der Waals surface area contributed by atoms with Crippen LogP contribution in [0.2, 0.25) is 5.15 Å². The molecule has 0 saturated heterocycles. The van der Waals surface area contributed by atoms with Crippen LogP contribution in [-0.4, -0.2) is 22.2 Å². The van der Waals surface area contributed by atoms with E-state index in [0.717, 1.165) is 5.69 Å². The Kier molecular flexibility index (Phi) is 4.84. The molecule has 22 heavy (non-hydrogen) atoms. The molecule has 0 saturated carbocycles. The van der Waals surface area contributed by atoms with Crippen LogP contribution >= 0.6 is 11.6 Å². The summed E-state index contributed by atoms with van der Waals surface area (Å²) in [6, 6.07) is 9.01. The van der Waals surface area contributed by atoms with Gasteiger partial charge >= 0.3 is 0 Å². The number of aromatic nitrogens is 2. The number of hydrogen-bond donors (Lipinski definition) is 0. The number of benzene rings is 1. The van der Waals surface area contributed by atoms with Crippen molar-refractivity contribution in [3.63, 3.8) is 0 Å². The molecular formula is C16H17ClN4O. The van der Waals surface area contributed by atoms with Crippen LogP contribution in [0.1, 0.15) is 42.7 Å². The maximum Gasteiger partial charge on any atom is 0.263 e. The molecular weight excluding hydrogens is 300 g/mol. The van der Waals surface area contributed by atoms with Crippen LogP contribution in [0, 0.1) is 11.3 Å². The summed E-state index contributed by atoms with van der Waals surface area (Å²) in [5, 5.41) is 13.4. The Labute approximate surface area is 134 Å². The molecule has 6 heteroatoms. The molecule has 0 atom stereocenters. The molecule has 1 heterocycles. The number of nitriles is 1. The van der Waals surface area contributed by atoms with Gasteiger partial charge in [-0.05, 0) is 45.0 Å². The minimum atomic E-state index is -0.205. The highest BCUT2D eigenvalue weighted by Gasteiger charge is 2.22. The fourth-order valence-electron chi connectivity index (χ4n) is 2.16. The van der Waals surface area contributed by atoms with Crippen molar-refractivity contribution in [2.24, 2.45) is 0 Å². The molecule has 0 radical (unpaired) electrons. The Morgan fingerprint density at radius 1 is 1.41 bits per heavy atom. The predicted octanol–water partition coefficient (Wildman–Crippen LogP) is 3.66. The molecule has 0 aliphatic rings. The van der Waals surface area contributed by atoms with Crippen molar-refractivity contribution in [3.8, 4) is 6.07 Å². The van der Waals surface area contributed by atoms with Gasteiger partial charge in [0, 0.05) is 18.3 Å². The Morgan fingerprint density at radius 3 is 2.50 bits per heavy atom. The van der Waals surface area contributed by atoms with Gasteiger partial charge in [0.1, 0.15) is 5.15 Å². The molecule has 0 unspecified atom stereocenters. The summed E-state index contributed by atoms with van der Waals surface area (Å²) < 4.78 is 1.61. The number of carbonyl (C=O) groups is 1. The summed E-state index contributed by atoms with van der Waals surface area (Å²) in [5.41, 5.74) is 1.65. The Hall–Kier alpha value is -2.32. The van der Waals surface area contributed by atoms with Crippen LogP contribution in [0.25, 0.3) is 0 Å². The Morgan fingerprint density at radius 2 is 2.05 bits per heavy atom. The first-order valence-electron chi connectivity index (χ1n) is 7.04. The minimum absolute atomic E-state index is 0.0824. The molecule has 0 fully saturated rings. The van der Waals surface area contributed by atoms with Gasteiger partial charge in [0.15, 0.2) is 0 Å². The van der Waals surface area contributed by atoms with Gasteiger partial charge in [-0.15, -0.1) is 0 Å². The molecule has 1 aromatic carbocycles. The SMILES string of the molecule is CCN(C(=O)c1cnn(C(C)C)c1Cl)c1ccc(C#N)cc1. The summed E-state index contributed by atoms with van der Waals surface area (Å²) in [4.78, 5) is 14.3. The molecule has 0 aliphatic carbocycles. The number of halogens is 1. The summed E-state index contributed by atoms with van der Waals surface area (Å²) in [6.45, 7) is 6.28. The normalized spacial score (nSPS) is 10.5. The number of rotatable bonds is 4. The van der Waals surface area contributed by atoms with Crippen molar-refractivity contribution >= 4 is 23.2 Å². The predicted molar refractivity (Wildman–Crippen MR) is 86.1 cm³/mol. The van der Waals surface area contributed by atoms with Crippen molar-refractivity contribution in [2.45, 2.75) is 26.8 Å². The minimum Gasteiger partial charge on any atom is -0.309 e. The van der Waals surface area contributed by atoms with Gasteiger partial charge in [-0.2, -0.15) is 10.4 Å². The molecule has 5 nitrogen and oxygen atoms in total. The Bertz CT molecular complexity index is 713. The molecule has 114 valence electrons. The number of hydrogen-bond acceptors (Lipinski definition) is 3. The Balaban J connectivity index is 2.34. The van der Waals surface area contributed by atoms with E-state index in [1.165, 1.54) is 6.20 Å². The van der Waals surface area contributed by atoms with E-state index in [-0.39, 0.29) is 11.9 Å². The van der Waals surface area contributed by atoms with Crippen LogP contribution in [0.15, 0.2) is 30.5 Å². The number of nitrogens with zero attached hydrogens (tertiary/aromatic N) is 4. The molecule has 0 N–H and O–H groups in total. The van der Waals surface area contributed by atoms with Gasteiger partial charge < -0.3 is 4.90 Å². The highest BCUT2D eigenvalue weighted by atomic mass is 35.5. The van der Waals surface area contributed by atoms with Gasteiger partial charge in [-0.3, -0.25) is 9.48 Å². The first-order valence-corrected chi connectivity index (χ1v) is 7.42. The van der Waals surface area contributed by atoms with Crippen molar-refractivity contribution in [3.05, 3.63) is 46.7 Å². The van der Waals surface area contributed by atoms with E-state index >= 15 is 0 Å². The third-order valence-corrected chi connectivity index (χ3v) is 3.70. The first kappa shape index (κ1) is 16.1. The average molecular weight is 317 g/mol. The number of carbonyl (C=O) groups excluding carboxylic acids is 1. The van der Waals surface area contributed by atoms with Crippen molar-refractivity contribution in [1.82, 2.24) is 9.78 Å². The van der Waals surface area contributed by atoms with E-state index in [1.54, 1.807) is 33.8 Å². The highest BCUT2D eigenvalue weighted by Crippen LogP contribution is 2.24. The summed E-state index contributed by atoms with van der Waals surface area (Å²) in [7, 11) is 0. The lowest BCUT2D eigenvalue weighted by molar-refractivity contribution is 0.0988. The van der Waals surface area contributed by atoms with Gasteiger partial charge in [0.05, 0.1) is 23.4 Å². The molecule has 0 spiro atoms. The highest BCUT2D eigenvalue weighted by molar-refractivity contribution is 6.33. The monoisotopic (exact) mass is 316 g/mol. The molecule has 2 rings (SSSR count). The summed E-state index contributed by atoms with van der Waals surface area (Å²) in [6.07, 6.45) is 1.50. The number of anilines is 1. The lowest BCUT2D eigenvalue weighted by atomic mass is 10.2. The molecule has 0 aliphatic heterocycles. The van der Waals surface area contributed by atoms with Crippen LogP contribution < -0.4 is 4.90 Å². The van der Waals surface area contributed by atoms with Crippen molar-refractivity contribution in [1.29, 1.82) is 5.26 Å². The second kappa shape index (κ2) is 6.63. The van der Waals surface area contributed by atoms with E-state index < -0.39 is 0 Å². The van der Waals surface area contributed by atoms with E-state index in [2.05, 4.69) is 11.2 Å². The van der Waals surface area contributed by atoms with Gasteiger partial charge in [-0.1, -0.05) is 11.6 Å². The standard InChI is InChI=1S/C16H17ClN4O/c1-4-20(13-7-5-12(9-18)6-8-13)16(22)14-10-19-21(11(2)3)15(14)17/h5-8,10-11H,4H2,1-3H3. The van der Waals surface area contributed by atoms with E-state index in [4.69, 9.17) is 16.9 Å². The van der Waals surface area contributed by atoms with Gasteiger partial charge in [0.25, 0.3) is 5.91 Å². The quantitative estimate of drug-likeness (QED) is 0.864. The smallest absolute Gasteiger partial charge is 0.263 e. The van der Waals surface area contributed by atoms with Crippen molar-refractivity contribution < 1.29 is 4.79 Å². The lowest BCUT2D eigenvalue weighted by Crippen LogP contribution is -2.30. The van der Waals surface area contributed by atoms with Gasteiger partial charge in [0.2, 0.25) is 0 Å². The molecule has 2 aromatic rings. The van der Waals surface area contributed by atoms with E-state index in [9.17, 15) is 4.79 Å². The van der Waals surface area contributed by atoms with Crippen LogP contribution in [0.3, 0.4) is 0 Å². The second-order valence-electron chi connectivity index (χ2n) is 5.10. The zero-order valence-electron chi connectivity index (χ0n) is 12.7. The third kappa shape index (κ3) is 2.97. The molecule has 1 amide bonds. The van der Waals surface area contributed by atoms with E-state index in [0.29, 0.717) is 22.8 Å².